The molecule has 0 aromatic rings. The lowest BCUT2D eigenvalue weighted by atomic mass is 10.2. The van der Waals surface area contributed by atoms with Gasteiger partial charge in [0.1, 0.15) is 0 Å². The van der Waals surface area contributed by atoms with Crippen LogP contribution in [0.15, 0.2) is 12.7 Å². The van der Waals surface area contributed by atoms with Gasteiger partial charge in [-0.2, -0.15) is 0 Å². The second kappa shape index (κ2) is 8.54. The van der Waals surface area contributed by atoms with Gasteiger partial charge >= 0.3 is 11.9 Å². The van der Waals surface area contributed by atoms with Crippen molar-refractivity contribution >= 4 is 11.9 Å². The largest absolute Gasteiger partial charge is 0.456 e. The van der Waals surface area contributed by atoms with Crippen molar-refractivity contribution in [3.8, 4) is 11.8 Å². The van der Waals surface area contributed by atoms with Crippen molar-refractivity contribution in [3.05, 3.63) is 12.7 Å². The zero-order valence-corrected chi connectivity index (χ0v) is 9.62. The summed E-state index contributed by atoms with van der Waals surface area (Å²) in [5.41, 5.74) is 0. The first-order chi connectivity index (χ1) is 7.60. The molecule has 0 saturated heterocycles. The summed E-state index contributed by atoms with van der Waals surface area (Å²) in [5, 5.41) is 0. The Labute approximate surface area is 95.6 Å². The highest BCUT2D eigenvalue weighted by atomic mass is 16.5. The Morgan fingerprint density at radius 2 is 2.19 bits per heavy atom. The maximum atomic E-state index is 11.0. The number of esters is 2. The van der Waals surface area contributed by atoms with Crippen LogP contribution >= 0.6 is 0 Å². The summed E-state index contributed by atoms with van der Waals surface area (Å²) in [7, 11) is 0. The van der Waals surface area contributed by atoms with Crippen LogP contribution in [0.2, 0.25) is 0 Å². The van der Waals surface area contributed by atoms with E-state index in [4.69, 9.17) is 4.74 Å². The van der Waals surface area contributed by atoms with E-state index in [1.165, 1.54) is 6.92 Å². The van der Waals surface area contributed by atoms with Crippen molar-refractivity contribution in [1.82, 2.24) is 0 Å². The Morgan fingerprint density at radius 3 is 2.69 bits per heavy atom. The lowest BCUT2D eigenvalue weighted by molar-refractivity contribution is -0.144. The predicted octanol–water partition coefficient (Wildman–Crippen LogP) is 1.45. The highest BCUT2D eigenvalue weighted by Crippen LogP contribution is 2.02. The van der Waals surface area contributed by atoms with Crippen LogP contribution in [0.25, 0.3) is 0 Å². The number of hydrogen-bond donors (Lipinski definition) is 0. The lowest BCUT2D eigenvalue weighted by Gasteiger charge is -2.08. The van der Waals surface area contributed by atoms with Crippen LogP contribution in [0.3, 0.4) is 0 Å². The molecular formula is C12H16O4. The molecule has 0 heterocycles. The summed E-state index contributed by atoms with van der Waals surface area (Å²) in [4.78, 5) is 21.7. The normalized spacial score (nSPS) is 10.6. The van der Waals surface area contributed by atoms with Gasteiger partial charge in [-0.15, -0.1) is 6.58 Å². The fourth-order valence-electron chi connectivity index (χ4n) is 0.937. The quantitative estimate of drug-likeness (QED) is 0.307. The molecule has 0 spiro atoms. The smallest absolute Gasteiger partial charge is 0.384 e. The Kier molecular flexibility index (Phi) is 7.60. The van der Waals surface area contributed by atoms with Gasteiger partial charge in [0.05, 0.1) is 6.61 Å². The highest BCUT2D eigenvalue weighted by Gasteiger charge is 2.07. The van der Waals surface area contributed by atoms with Gasteiger partial charge in [0.15, 0.2) is 6.10 Å². The molecule has 4 heteroatoms. The minimum Gasteiger partial charge on any atom is -0.456 e. The molecule has 0 aliphatic heterocycles. The van der Waals surface area contributed by atoms with Crippen molar-refractivity contribution in [1.29, 1.82) is 0 Å². The van der Waals surface area contributed by atoms with Crippen molar-refractivity contribution in [3.63, 3.8) is 0 Å². The van der Waals surface area contributed by atoms with Gasteiger partial charge in [-0.1, -0.05) is 6.08 Å². The molecule has 0 amide bonds. The van der Waals surface area contributed by atoms with E-state index in [0.29, 0.717) is 12.8 Å². The average molecular weight is 224 g/mol. The van der Waals surface area contributed by atoms with Gasteiger partial charge in [-0.3, -0.25) is 4.79 Å². The minimum absolute atomic E-state index is 0.276. The van der Waals surface area contributed by atoms with Crippen LogP contribution in [0.4, 0.5) is 0 Å². The maximum absolute atomic E-state index is 11.0. The number of rotatable bonds is 5. The van der Waals surface area contributed by atoms with Crippen molar-refractivity contribution in [2.24, 2.45) is 0 Å². The zero-order chi connectivity index (χ0) is 12.4. The van der Waals surface area contributed by atoms with Crippen LogP contribution in [0.5, 0.6) is 0 Å². The lowest BCUT2D eigenvalue weighted by Crippen LogP contribution is -2.14. The third-order valence-electron chi connectivity index (χ3n) is 1.55. The summed E-state index contributed by atoms with van der Waals surface area (Å²) in [6.45, 7) is 6.83. The van der Waals surface area contributed by atoms with E-state index < -0.39 is 18.0 Å². The standard InChI is InChI=1S/C12H16O4/c1-4-6-7-11(16-10(3)13)8-9-12(14)15-5-2/h4,11H,1,5-7H2,2-3H3/t11-/m0/s1. The highest BCUT2D eigenvalue weighted by molar-refractivity contribution is 5.88. The van der Waals surface area contributed by atoms with E-state index in [2.05, 4.69) is 23.2 Å². The van der Waals surface area contributed by atoms with Crippen molar-refractivity contribution in [2.45, 2.75) is 32.8 Å². The third-order valence-corrected chi connectivity index (χ3v) is 1.55. The van der Waals surface area contributed by atoms with Gasteiger partial charge in [0.2, 0.25) is 0 Å². The van der Waals surface area contributed by atoms with Crippen LogP contribution in [0.1, 0.15) is 26.7 Å². The van der Waals surface area contributed by atoms with E-state index in [-0.39, 0.29) is 6.61 Å². The number of ether oxygens (including phenoxy) is 2. The first-order valence-electron chi connectivity index (χ1n) is 5.06. The number of hydrogen-bond acceptors (Lipinski definition) is 4. The average Bonchev–Trinajstić information content (AvgIpc) is 2.22. The van der Waals surface area contributed by atoms with Crippen LogP contribution in [-0.2, 0) is 19.1 Å². The summed E-state index contributed by atoms with van der Waals surface area (Å²) in [6.07, 6.45) is 2.30. The Morgan fingerprint density at radius 1 is 1.50 bits per heavy atom. The van der Waals surface area contributed by atoms with E-state index >= 15 is 0 Å². The Bertz CT molecular complexity index is 309. The van der Waals surface area contributed by atoms with Crippen LogP contribution in [0, 0.1) is 11.8 Å². The minimum atomic E-state index is -0.613. The SMILES string of the molecule is C=CCC[C@@H](C#CC(=O)OCC)OC(C)=O. The number of allylic oxidation sites excluding steroid dienone is 1. The van der Waals surface area contributed by atoms with Crippen molar-refractivity contribution < 1.29 is 19.1 Å². The third kappa shape index (κ3) is 7.63. The fourth-order valence-corrected chi connectivity index (χ4v) is 0.937. The molecule has 16 heavy (non-hydrogen) atoms. The molecule has 0 aliphatic carbocycles. The second-order valence-electron chi connectivity index (χ2n) is 2.95. The molecule has 0 aromatic carbocycles. The molecule has 0 saturated carbocycles. The Balaban J connectivity index is 4.32. The van der Waals surface area contributed by atoms with Gasteiger partial charge in [-0.05, 0) is 25.7 Å². The van der Waals surface area contributed by atoms with Gasteiger partial charge < -0.3 is 9.47 Å². The van der Waals surface area contributed by atoms with Gasteiger partial charge in [-0.25, -0.2) is 4.79 Å². The van der Waals surface area contributed by atoms with E-state index in [9.17, 15) is 9.59 Å². The molecule has 0 aromatic heterocycles. The van der Waals surface area contributed by atoms with Gasteiger partial charge in [0.25, 0.3) is 0 Å². The van der Waals surface area contributed by atoms with Crippen molar-refractivity contribution in [2.75, 3.05) is 6.61 Å². The van der Waals surface area contributed by atoms with E-state index in [1.807, 2.05) is 0 Å². The molecule has 88 valence electrons. The summed E-state index contributed by atoms with van der Waals surface area (Å²) >= 11 is 0. The second-order valence-corrected chi connectivity index (χ2v) is 2.95. The fraction of sp³-hybridized carbons (Fsp3) is 0.500. The maximum Gasteiger partial charge on any atom is 0.384 e. The predicted molar refractivity (Wildman–Crippen MR) is 59.4 cm³/mol. The topological polar surface area (TPSA) is 52.6 Å². The molecule has 0 N–H and O–H groups in total. The molecule has 0 rings (SSSR count). The summed E-state index contributed by atoms with van der Waals surface area (Å²) < 4.78 is 9.54. The monoisotopic (exact) mass is 224 g/mol. The molecule has 0 aliphatic rings. The number of carbonyl (C=O) groups is 2. The van der Waals surface area contributed by atoms with Crippen LogP contribution < -0.4 is 0 Å². The molecular weight excluding hydrogens is 208 g/mol. The van der Waals surface area contributed by atoms with E-state index in [1.54, 1.807) is 13.0 Å². The first kappa shape index (κ1) is 14.2. The molecule has 0 radical (unpaired) electrons. The summed E-state index contributed by atoms with van der Waals surface area (Å²) in [6, 6.07) is 0. The molecule has 0 fully saturated rings. The van der Waals surface area contributed by atoms with Gasteiger partial charge in [0, 0.05) is 12.8 Å². The zero-order valence-electron chi connectivity index (χ0n) is 9.62. The summed E-state index contributed by atoms with van der Waals surface area (Å²) in [5.74, 6) is 3.79. The molecule has 4 nitrogen and oxygen atoms in total. The van der Waals surface area contributed by atoms with E-state index in [0.717, 1.165) is 0 Å². The van der Waals surface area contributed by atoms with Crippen LogP contribution in [-0.4, -0.2) is 24.6 Å². The Hall–Kier alpha value is -1.76. The molecule has 1 atom stereocenters. The molecule has 0 bridgehead atoms. The first-order valence-corrected chi connectivity index (χ1v) is 5.06. The number of carbonyl (C=O) groups excluding carboxylic acids is 2. The molecule has 0 unspecified atom stereocenters.